The zero-order valence-corrected chi connectivity index (χ0v) is 18.8. The lowest BCUT2D eigenvalue weighted by atomic mass is 10.1. The molecule has 0 saturated carbocycles. The molecular weight excluding hydrogens is 509 g/mol. The van der Waals surface area contributed by atoms with E-state index in [0.717, 1.165) is 14.7 Å². The first-order chi connectivity index (χ1) is 14.9. The average Bonchev–Trinajstić information content (AvgIpc) is 2.76. The summed E-state index contributed by atoms with van der Waals surface area (Å²) in [7, 11) is 1.54. The topological polar surface area (TPSA) is 98.8 Å². The summed E-state index contributed by atoms with van der Waals surface area (Å²) < 4.78 is 12.2. The van der Waals surface area contributed by atoms with Crippen molar-refractivity contribution in [1.29, 1.82) is 0 Å². The molecule has 0 fully saturated rings. The number of hydrogen-bond donors (Lipinski definition) is 2. The van der Waals surface area contributed by atoms with Crippen molar-refractivity contribution >= 4 is 40.4 Å². The highest BCUT2D eigenvalue weighted by Crippen LogP contribution is 2.35. The molecule has 0 radical (unpaired) electrons. The van der Waals surface area contributed by atoms with Crippen LogP contribution in [0.3, 0.4) is 0 Å². The number of ketones is 1. The van der Waals surface area contributed by atoms with Crippen molar-refractivity contribution in [3.63, 3.8) is 0 Å². The Bertz CT molecular complexity index is 1160. The number of allylic oxidation sites excluding steroid dienone is 1. The van der Waals surface area contributed by atoms with Crippen molar-refractivity contribution < 1.29 is 24.2 Å². The highest BCUT2D eigenvalue weighted by Gasteiger charge is 2.12. The number of carbonyl (C=O) groups is 2. The molecule has 0 atom stereocenters. The second-order valence-electron chi connectivity index (χ2n) is 6.64. The number of amides is 1. The van der Waals surface area contributed by atoms with Crippen LogP contribution in [0.1, 0.15) is 31.8 Å². The number of phenolic OH excluding ortho intramolecular Hbond substituents is 1. The Morgan fingerprint density at radius 1 is 1.06 bits per heavy atom. The van der Waals surface area contributed by atoms with Gasteiger partial charge in [0.1, 0.15) is 12.4 Å². The minimum atomic E-state index is -0.495. The zero-order valence-electron chi connectivity index (χ0n) is 16.7. The molecule has 0 spiro atoms. The number of aromatic hydroxyl groups is 1. The monoisotopic (exact) mass is 529 g/mol. The highest BCUT2D eigenvalue weighted by atomic mass is 127. The normalized spacial score (nSPS) is 10.8. The number of benzene rings is 3. The molecule has 31 heavy (non-hydrogen) atoms. The standard InChI is InChI=1S/C24H20INO5/c1-30-22-12-15(8-9-21(28)17-5-3-7-19(27)13-17)11-20(25)23(22)31-14-16-4-2-6-18(10-16)24(26)29/h2-13,27H,14H2,1H3,(H2,26,29)/b9-8+. The molecule has 0 saturated heterocycles. The van der Waals surface area contributed by atoms with E-state index in [0.29, 0.717) is 22.6 Å². The van der Waals surface area contributed by atoms with Gasteiger partial charge in [-0.05, 0) is 76.2 Å². The van der Waals surface area contributed by atoms with Crippen LogP contribution in [0.25, 0.3) is 6.08 Å². The van der Waals surface area contributed by atoms with Crippen molar-refractivity contribution in [2.45, 2.75) is 6.61 Å². The number of carbonyl (C=O) groups excluding carboxylic acids is 2. The maximum atomic E-state index is 12.3. The Balaban J connectivity index is 1.77. The van der Waals surface area contributed by atoms with E-state index in [1.165, 1.54) is 25.3 Å². The van der Waals surface area contributed by atoms with Crippen molar-refractivity contribution in [3.8, 4) is 17.2 Å². The summed E-state index contributed by atoms with van der Waals surface area (Å²) in [5, 5.41) is 9.53. The second-order valence-corrected chi connectivity index (χ2v) is 7.80. The van der Waals surface area contributed by atoms with Gasteiger partial charge >= 0.3 is 0 Å². The molecule has 3 N–H and O–H groups in total. The number of halogens is 1. The number of methoxy groups -OCH3 is 1. The Morgan fingerprint density at radius 3 is 2.52 bits per heavy atom. The molecule has 0 aromatic heterocycles. The average molecular weight is 529 g/mol. The Labute approximate surface area is 193 Å². The molecule has 0 unspecified atom stereocenters. The van der Waals surface area contributed by atoms with Crippen molar-refractivity contribution in [2.24, 2.45) is 5.73 Å². The fraction of sp³-hybridized carbons (Fsp3) is 0.0833. The van der Waals surface area contributed by atoms with E-state index in [4.69, 9.17) is 15.2 Å². The van der Waals surface area contributed by atoms with Crippen LogP contribution in [-0.2, 0) is 6.61 Å². The largest absolute Gasteiger partial charge is 0.508 e. The first-order valence-electron chi connectivity index (χ1n) is 9.28. The number of phenols is 1. The minimum absolute atomic E-state index is 0.0401. The van der Waals surface area contributed by atoms with Crippen LogP contribution in [0.15, 0.2) is 66.7 Å². The van der Waals surface area contributed by atoms with Crippen LogP contribution < -0.4 is 15.2 Å². The third-order valence-corrected chi connectivity index (χ3v) is 5.21. The Hall–Kier alpha value is -3.33. The van der Waals surface area contributed by atoms with Gasteiger partial charge in [0, 0.05) is 11.1 Å². The molecule has 0 aliphatic carbocycles. The van der Waals surface area contributed by atoms with E-state index in [2.05, 4.69) is 22.6 Å². The lowest BCUT2D eigenvalue weighted by molar-refractivity contribution is 0.0998. The highest BCUT2D eigenvalue weighted by molar-refractivity contribution is 14.1. The van der Waals surface area contributed by atoms with Gasteiger partial charge < -0.3 is 20.3 Å². The maximum absolute atomic E-state index is 12.3. The lowest BCUT2D eigenvalue weighted by Crippen LogP contribution is -2.11. The summed E-state index contributed by atoms with van der Waals surface area (Å²) in [5.41, 5.74) is 7.70. The van der Waals surface area contributed by atoms with Crippen LogP contribution in [0.2, 0.25) is 0 Å². The van der Waals surface area contributed by atoms with E-state index in [1.54, 1.807) is 42.5 Å². The zero-order chi connectivity index (χ0) is 22.4. The number of primary amides is 1. The van der Waals surface area contributed by atoms with Gasteiger partial charge in [-0.2, -0.15) is 0 Å². The lowest BCUT2D eigenvalue weighted by Gasteiger charge is -2.14. The third kappa shape index (κ3) is 5.85. The first kappa shape index (κ1) is 22.4. The number of ether oxygens (including phenoxy) is 2. The van der Waals surface area contributed by atoms with Gasteiger partial charge in [0.05, 0.1) is 10.7 Å². The van der Waals surface area contributed by atoms with Crippen LogP contribution in [0.5, 0.6) is 17.2 Å². The van der Waals surface area contributed by atoms with Gasteiger partial charge in [-0.1, -0.05) is 30.3 Å². The summed E-state index contributed by atoms with van der Waals surface area (Å²) in [4.78, 5) is 23.7. The Kier molecular flexibility index (Phi) is 7.30. The van der Waals surface area contributed by atoms with Crippen molar-refractivity contribution in [2.75, 3.05) is 7.11 Å². The summed E-state index contributed by atoms with van der Waals surface area (Å²) in [6, 6.07) is 16.7. The van der Waals surface area contributed by atoms with Crippen LogP contribution >= 0.6 is 22.6 Å². The van der Waals surface area contributed by atoms with Crippen LogP contribution in [0, 0.1) is 3.57 Å². The molecule has 1 amide bonds. The third-order valence-electron chi connectivity index (χ3n) is 4.40. The van der Waals surface area contributed by atoms with E-state index in [9.17, 15) is 14.7 Å². The quantitative estimate of drug-likeness (QED) is 0.253. The molecule has 3 aromatic carbocycles. The fourth-order valence-corrected chi connectivity index (χ4v) is 3.65. The van der Waals surface area contributed by atoms with Gasteiger partial charge in [-0.25, -0.2) is 0 Å². The molecule has 3 aromatic rings. The van der Waals surface area contributed by atoms with E-state index < -0.39 is 5.91 Å². The molecule has 3 rings (SSSR count). The van der Waals surface area contributed by atoms with E-state index >= 15 is 0 Å². The molecule has 0 bridgehead atoms. The molecule has 0 aliphatic heterocycles. The Morgan fingerprint density at radius 2 is 1.81 bits per heavy atom. The van der Waals surface area contributed by atoms with Crippen LogP contribution in [0.4, 0.5) is 0 Å². The van der Waals surface area contributed by atoms with E-state index in [-0.39, 0.29) is 18.1 Å². The smallest absolute Gasteiger partial charge is 0.248 e. The number of rotatable bonds is 8. The van der Waals surface area contributed by atoms with Gasteiger partial charge in [-0.3, -0.25) is 9.59 Å². The second kappa shape index (κ2) is 10.1. The minimum Gasteiger partial charge on any atom is -0.508 e. The number of nitrogens with two attached hydrogens (primary N) is 1. The van der Waals surface area contributed by atoms with E-state index in [1.807, 2.05) is 12.1 Å². The fourth-order valence-electron chi connectivity index (χ4n) is 2.87. The number of hydrogen-bond acceptors (Lipinski definition) is 5. The summed E-state index contributed by atoms with van der Waals surface area (Å²) >= 11 is 2.14. The molecule has 0 aliphatic rings. The first-order valence-corrected chi connectivity index (χ1v) is 10.4. The van der Waals surface area contributed by atoms with Crippen LogP contribution in [-0.4, -0.2) is 23.9 Å². The summed E-state index contributed by atoms with van der Waals surface area (Å²) in [6.45, 7) is 0.235. The SMILES string of the molecule is COc1cc(/C=C/C(=O)c2cccc(O)c2)cc(I)c1OCc1cccc(C(N)=O)c1. The van der Waals surface area contributed by atoms with Gasteiger partial charge in [0.25, 0.3) is 0 Å². The molecule has 0 heterocycles. The molecule has 158 valence electrons. The molecule has 6 nitrogen and oxygen atoms in total. The predicted octanol–water partition coefficient (Wildman–Crippen LogP) is 4.58. The summed E-state index contributed by atoms with van der Waals surface area (Å²) in [5.74, 6) is 0.398. The van der Waals surface area contributed by atoms with Gasteiger partial charge in [0.2, 0.25) is 5.91 Å². The van der Waals surface area contributed by atoms with Gasteiger partial charge in [0.15, 0.2) is 17.3 Å². The molecule has 7 heteroatoms. The predicted molar refractivity (Wildman–Crippen MR) is 126 cm³/mol. The van der Waals surface area contributed by atoms with Gasteiger partial charge in [-0.15, -0.1) is 0 Å². The molecular formula is C24H20INO5. The van der Waals surface area contributed by atoms with Crippen molar-refractivity contribution in [1.82, 2.24) is 0 Å². The summed E-state index contributed by atoms with van der Waals surface area (Å²) in [6.07, 6.45) is 3.12. The maximum Gasteiger partial charge on any atom is 0.248 e. The van der Waals surface area contributed by atoms with Crippen molar-refractivity contribution in [3.05, 3.63) is 92.6 Å².